The van der Waals surface area contributed by atoms with Crippen LogP contribution >= 0.6 is 23.1 Å². The number of hydrogen-bond acceptors (Lipinski definition) is 5. The number of fused-ring (bicyclic) bond motifs is 1. The SMILES string of the molecule is CCC(C)(CC)n1c(SCC(=O)O)nc2ccsc2c1=O. The van der Waals surface area contributed by atoms with Crippen molar-refractivity contribution in [2.45, 2.75) is 44.3 Å². The fraction of sp³-hybridized carbons (Fsp3) is 0.500. The van der Waals surface area contributed by atoms with Gasteiger partial charge in [-0.05, 0) is 31.2 Å². The minimum absolute atomic E-state index is 0.0749. The molecule has 0 aliphatic carbocycles. The van der Waals surface area contributed by atoms with Crippen LogP contribution in [0.5, 0.6) is 0 Å². The lowest BCUT2D eigenvalue weighted by molar-refractivity contribution is -0.133. The molecule has 114 valence electrons. The summed E-state index contributed by atoms with van der Waals surface area (Å²) in [7, 11) is 0. The molecule has 0 saturated carbocycles. The van der Waals surface area contributed by atoms with Gasteiger partial charge in [0.15, 0.2) is 5.16 Å². The molecule has 2 aromatic heterocycles. The molecule has 0 spiro atoms. The number of carbonyl (C=O) groups is 1. The van der Waals surface area contributed by atoms with E-state index < -0.39 is 5.97 Å². The van der Waals surface area contributed by atoms with Crippen LogP contribution in [0.25, 0.3) is 10.2 Å². The number of thioether (sulfide) groups is 1. The quantitative estimate of drug-likeness (QED) is 0.652. The Morgan fingerprint density at radius 3 is 2.71 bits per heavy atom. The van der Waals surface area contributed by atoms with Crippen LogP contribution < -0.4 is 5.56 Å². The molecule has 0 unspecified atom stereocenters. The van der Waals surface area contributed by atoms with E-state index in [2.05, 4.69) is 4.98 Å². The van der Waals surface area contributed by atoms with Crippen LogP contribution in [0.2, 0.25) is 0 Å². The van der Waals surface area contributed by atoms with E-state index in [-0.39, 0.29) is 16.9 Å². The van der Waals surface area contributed by atoms with Gasteiger partial charge in [-0.1, -0.05) is 25.6 Å². The Labute approximate surface area is 131 Å². The zero-order valence-corrected chi connectivity index (χ0v) is 13.9. The van der Waals surface area contributed by atoms with Crippen LogP contribution in [-0.2, 0) is 10.3 Å². The van der Waals surface area contributed by atoms with Crippen molar-refractivity contribution >= 4 is 39.3 Å². The van der Waals surface area contributed by atoms with Gasteiger partial charge in [-0.3, -0.25) is 14.2 Å². The van der Waals surface area contributed by atoms with Gasteiger partial charge >= 0.3 is 5.97 Å². The summed E-state index contributed by atoms with van der Waals surface area (Å²) in [4.78, 5) is 28.1. The zero-order valence-electron chi connectivity index (χ0n) is 12.3. The van der Waals surface area contributed by atoms with Crippen LogP contribution in [-0.4, -0.2) is 26.4 Å². The van der Waals surface area contributed by atoms with Crippen molar-refractivity contribution in [3.63, 3.8) is 0 Å². The highest BCUT2D eigenvalue weighted by Crippen LogP contribution is 2.30. The predicted octanol–water partition coefficient (Wildman–Crippen LogP) is 3.17. The van der Waals surface area contributed by atoms with Gasteiger partial charge in [0.05, 0.1) is 11.3 Å². The molecule has 0 amide bonds. The first kappa shape index (κ1) is 16.0. The molecular weight excluding hydrogens is 308 g/mol. The highest BCUT2D eigenvalue weighted by molar-refractivity contribution is 7.99. The molecular formula is C14H18N2O3S2. The summed E-state index contributed by atoms with van der Waals surface area (Å²) in [6, 6.07) is 1.80. The topological polar surface area (TPSA) is 72.2 Å². The standard InChI is InChI=1S/C14H18N2O3S2/c1-4-14(3,5-2)16-12(19)11-9(6-7-20-11)15-13(16)21-8-10(17)18/h6-7H,4-5,8H2,1-3H3,(H,17,18). The largest absolute Gasteiger partial charge is 0.481 e. The van der Waals surface area contributed by atoms with Gasteiger partial charge in [0, 0.05) is 5.54 Å². The van der Waals surface area contributed by atoms with Gasteiger partial charge in [0.2, 0.25) is 0 Å². The summed E-state index contributed by atoms with van der Waals surface area (Å²) >= 11 is 2.48. The highest BCUT2D eigenvalue weighted by atomic mass is 32.2. The van der Waals surface area contributed by atoms with Gasteiger partial charge in [-0.25, -0.2) is 4.98 Å². The monoisotopic (exact) mass is 326 g/mol. The molecule has 0 fully saturated rings. The minimum Gasteiger partial charge on any atom is -0.481 e. The fourth-order valence-corrected chi connectivity index (χ4v) is 3.76. The van der Waals surface area contributed by atoms with Crippen molar-refractivity contribution in [1.29, 1.82) is 0 Å². The Morgan fingerprint density at radius 1 is 1.48 bits per heavy atom. The van der Waals surface area contributed by atoms with E-state index in [1.165, 1.54) is 11.3 Å². The third kappa shape index (κ3) is 2.98. The van der Waals surface area contributed by atoms with Gasteiger partial charge in [0.25, 0.3) is 5.56 Å². The average Bonchev–Trinajstić information content (AvgIpc) is 2.93. The molecule has 0 atom stereocenters. The summed E-state index contributed by atoms with van der Waals surface area (Å²) in [6.45, 7) is 6.07. The number of aromatic nitrogens is 2. The molecule has 2 heterocycles. The normalized spacial score (nSPS) is 12.0. The number of nitrogens with zero attached hydrogens (tertiary/aromatic N) is 2. The van der Waals surface area contributed by atoms with E-state index in [4.69, 9.17) is 5.11 Å². The summed E-state index contributed by atoms with van der Waals surface area (Å²) in [5, 5.41) is 11.2. The van der Waals surface area contributed by atoms with E-state index >= 15 is 0 Å². The fourth-order valence-electron chi connectivity index (χ4n) is 2.16. The van der Waals surface area contributed by atoms with Gasteiger partial charge in [0.1, 0.15) is 4.70 Å². The van der Waals surface area contributed by atoms with Crippen LogP contribution in [0.15, 0.2) is 21.4 Å². The predicted molar refractivity (Wildman–Crippen MR) is 86.5 cm³/mol. The zero-order chi connectivity index (χ0) is 15.6. The van der Waals surface area contributed by atoms with Crippen molar-refractivity contribution < 1.29 is 9.90 Å². The van der Waals surface area contributed by atoms with E-state index in [9.17, 15) is 9.59 Å². The molecule has 1 N–H and O–H groups in total. The maximum absolute atomic E-state index is 12.8. The molecule has 0 saturated heterocycles. The highest BCUT2D eigenvalue weighted by Gasteiger charge is 2.28. The summed E-state index contributed by atoms with van der Waals surface area (Å²) in [5.41, 5.74) is 0.209. The Balaban J connectivity index is 2.68. The molecule has 7 heteroatoms. The molecule has 0 radical (unpaired) electrons. The van der Waals surface area contributed by atoms with Crippen LogP contribution in [0.1, 0.15) is 33.6 Å². The molecule has 0 aliphatic heterocycles. The van der Waals surface area contributed by atoms with E-state index in [1.807, 2.05) is 26.2 Å². The number of thiophene rings is 1. The van der Waals surface area contributed by atoms with Crippen molar-refractivity contribution in [3.8, 4) is 0 Å². The Morgan fingerprint density at radius 2 is 2.14 bits per heavy atom. The second-order valence-electron chi connectivity index (χ2n) is 5.06. The first-order valence-electron chi connectivity index (χ1n) is 6.78. The molecule has 5 nitrogen and oxygen atoms in total. The van der Waals surface area contributed by atoms with Crippen molar-refractivity contribution in [3.05, 3.63) is 21.8 Å². The second-order valence-corrected chi connectivity index (χ2v) is 6.91. The van der Waals surface area contributed by atoms with Crippen molar-refractivity contribution in [2.24, 2.45) is 0 Å². The Bertz CT molecular complexity index is 717. The summed E-state index contributed by atoms with van der Waals surface area (Å²) < 4.78 is 2.31. The molecule has 2 rings (SSSR count). The van der Waals surface area contributed by atoms with Crippen molar-refractivity contribution in [2.75, 3.05) is 5.75 Å². The smallest absolute Gasteiger partial charge is 0.313 e. The minimum atomic E-state index is -0.916. The van der Waals surface area contributed by atoms with Gasteiger partial charge in [-0.2, -0.15) is 0 Å². The maximum atomic E-state index is 12.8. The third-order valence-electron chi connectivity index (χ3n) is 3.84. The van der Waals surface area contributed by atoms with Crippen molar-refractivity contribution in [1.82, 2.24) is 9.55 Å². The molecule has 2 aromatic rings. The number of rotatable bonds is 6. The average molecular weight is 326 g/mol. The van der Waals surface area contributed by atoms with E-state index in [0.717, 1.165) is 24.6 Å². The lowest BCUT2D eigenvalue weighted by atomic mass is 9.95. The molecule has 21 heavy (non-hydrogen) atoms. The number of carboxylic acid groups (broad SMARTS) is 1. The first-order valence-corrected chi connectivity index (χ1v) is 8.64. The van der Waals surface area contributed by atoms with E-state index in [1.54, 1.807) is 10.6 Å². The lowest BCUT2D eigenvalue weighted by Gasteiger charge is -2.31. The lowest BCUT2D eigenvalue weighted by Crippen LogP contribution is -2.39. The Kier molecular flexibility index (Phi) is 4.73. The Hall–Kier alpha value is -1.34. The maximum Gasteiger partial charge on any atom is 0.313 e. The van der Waals surface area contributed by atoms with Crippen LogP contribution in [0, 0.1) is 0 Å². The van der Waals surface area contributed by atoms with Gasteiger partial charge in [-0.15, -0.1) is 11.3 Å². The van der Waals surface area contributed by atoms with E-state index in [0.29, 0.717) is 15.4 Å². The number of aliphatic carboxylic acids is 1. The molecule has 0 aliphatic rings. The molecule has 0 aromatic carbocycles. The summed E-state index contributed by atoms with van der Waals surface area (Å²) in [6.07, 6.45) is 1.56. The van der Waals surface area contributed by atoms with Gasteiger partial charge < -0.3 is 5.11 Å². The number of hydrogen-bond donors (Lipinski definition) is 1. The van der Waals surface area contributed by atoms with Crippen LogP contribution in [0.4, 0.5) is 0 Å². The van der Waals surface area contributed by atoms with Crippen LogP contribution in [0.3, 0.4) is 0 Å². The second kappa shape index (κ2) is 6.19. The third-order valence-corrected chi connectivity index (χ3v) is 5.65. The molecule has 0 bridgehead atoms. The number of carboxylic acids is 1. The first-order chi connectivity index (χ1) is 9.92. The summed E-state index contributed by atoms with van der Waals surface area (Å²) in [5.74, 6) is -1.02.